The van der Waals surface area contributed by atoms with E-state index in [4.69, 9.17) is 22.6 Å². The summed E-state index contributed by atoms with van der Waals surface area (Å²) in [5.74, 6) is 4.32. The first-order chi connectivity index (χ1) is 5.65. The van der Waals surface area contributed by atoms with Crippen molar-refractivity contribution in [3.63, 3.8) is 0 Å². The molecule has 4 nitrogen and oxygen atoms in total. The van der Waals surface area contributed by atoms with Gasteiger partial charge in [-0.1, -0.05) is 11.6 Å². The number of rotatable bonds is 1. The second-order valence-electron chi connectivity index (χ2n) is 2.14. The van der Waals surface area contributed by atoms with Gasteiger partial charge in [0.15, 0.2) is 0 Å². The number of amides is 1. The fraction of sp³-hybridized carbons (Fsp3) is 0. The molecule has 5 heteroatoms. The van der Waals surface area contributed by atoms with E-state index in [-0.39, 0.29) is 16.3 Å². The lowest BCUT2D eigenvalue weighted by molar-refractivity contribution is 0.0953. The molecule has 0 heterocycles. The van der Waals surface area contributed by atoms with E-state index >= 15 is 0 Å². The Morgan fingerprint density at radius 2 is 2.25 bits per heavy atom. The van der Waals surface area contributed by atoms with Crippen LogP contribution in [0.4, 0.5) is 0 Å². The Labute approximate surface area is 73.9 Å². The molecule has 64 valence electrons. The summed E-state index contributed by atoms with van der Waals surface area (Å²) >= 11 is 5.64. The lowest BCUT2D eigenvalue weighted by Gasteiger charge is -2.01. The number of carbonyl (C=O) groups excluding carboxylic acids is 1. The van der Waals surface area contributed by atoms with E-state index in [1.165, 1.54) is 18.2 Å². The molecule has 12 heavy (non-hydrogen) atoms. The smallest absolute Gasteiger partial charge is 0.266 e. The summed E-state index contributed by atoms with van der Waals surface area (Å²) in [6, 6.07) is 4.04. The first-order valence-electron chi connectivity index (χ1n) is 3.14. The third-order valence-corrected chi connectivity index (χ3v) is 1.66. The minimum Gasteiger partial charge on any atom is -0.508 e. The number of benzene rings is 1. The maximum Gasteiger partial charge on any atom is 0.266 e. The van der Waals surface area contributed by atoms with Crippen molar-refractivity contribution in [1.29, 1.82) is 0 Å². The van der Waals surface area contributed by atoms with Gasteiger partial charge in [0, 0.05) is 0 Å². The van der Waals surface area contributed by atoms with Gasteiger partial charge in [-0.05, 0) is 18.2 Å². The van der Waals surface area contributed by atoms with Gasteiger partial charge in [-0.3, -0.25) is 10.2 Å². The van der Waals surface area contributed by atoms with Crippen molar-refractivity contribution in [3.8, 4) is 5.75 Å². The second kappa shape index (κ2) is 3.42. The van der Waals surface area contributed by atoms with E-state index in [9.17, 15) is 4.79 Å². The fourth-order valence-corrected chi connectivity index (χ4v) is 0.968. The van der Waals surface area contributed by atoms with E-state index in [0.29, 0.717) is 0 Å². The molecule has 1 aromatic carbocycles. The number of hydrogen-bond acceptors (Lipinski definition) is 3. The monoisotopic (exact) mass is 186 g/mol. The Balaban J connectivity index is 3.13. The molecule has 0 unspecified atom stereocenters. The number of hydrogen-bond donors (Lipinski definition) is 3. The van der Waals surface area contributed by atoms with Crippen molar-refractivity contribution >= 4 is 17.5 Å². The summed E-state index contributed by atoms with van der Waals surface area (Å²) in [6.45, 7) is 0. The van der Waals surface area contributed by atoms with Crippen LogP contribution in [0.15, 0.2) is 18.2 Å². The Morgan fingerprint density at radius 3 is 2.83 bits per heavy atom. The molecule has 0 spiro atoms. The zero-order chi connectivity index (χ0) is 9.14. The molecular weight excluding hydrogens is 180 g/mol. The van der Waals surface area contributed by atoms with E-state index < -0.39 is 5.91 Å². The van der Waals surface area contributed by atoms with Gasteiger partial charge >= 0.3 is 0 Å². The van der Waals surface area contributed by atoms with E-state index in [2.05, 4.69) is 0 Å². The summed E-state index contributed by atoms with van der Waals surface area (Å²) in [6.07, 6.45) is 0. The fourth-order valence-electron chi connectivity index (χ4n) is 0.765. The summed E-state index contributed by atoms with van der Waals surface area (Å²) in [5.41, 5.74) is 2.07. The van der Waals surface area contributed by atoms with Crippen LogP contribution in [-0.4, -0.2) is 11.0 Å². The number of carbonyl (C=O) groups is 1. The molecule has 1 rings (SSSR count). The highest BCUT2D eigenvalue weighted by molar-refractivity contribution is 6.33. The molecule has 1 amide bonds. The summed E-state index contributed by atoms with van der Waals surface area (Å²) in [7, 11) is 0. The summed E-state index contributed by atoms with van der Waals surface area (Å²) < 4.78 is 0. The van der Waals surface area contributed by atoms with Crippen LogP contribution < -0.4 is 11.3 Å². The molecule has 0 fully saturated rings. The van der Waals surface area contributed by atoms with E-state index in [1.54, 1.807) is 0 Å². The van der Waals surface area contributed by atoms with Crippen LogP contribution in [0.2, 0.25) is 5.02 Å². The van der Waals surface area contributed by atoms with Gasteiger partial charge in [-0.25, -0.2) is 5.84 Å². The molecule has 0 atom stereocenters. The SMILES string of the molecule is NNC(=O)c1cc(O)ccc1Cl. The summed E-state index contributed by atoms with van der Waals surface area (Å²) in [5, 5.41) is 9.25. The quantitative estimate of drug-likeness (QED) is 0.343. The number of nitrogens with one attached hydrogen (secondary N) is 1. The minimum atomic E-state index is -0.532. The van der Waals surface area contributed by atoms with Crippen molar-refractivity contribution < 1.29 is 9.90 Å². The van der Waals surface area contributed by atoms with Crippen molar-refractivity contribution in [1.82, 2.24) is 5.43 Å². The van der Waals surface area contributed by atoms with Crippen molar-refractivity contribution in [2.75, 3.05) is 0 Å². The average Bonchev–Trinajstić information content (AvgIpc) is 2.08. The average molecular weight is 187 g/mol. The number of aromatic hydroxyl groups is 1. The number of nitrogens with two attached hydrogens (primary N) is 1. The molecule has 0 radical (unpaired) electrons. The number of halogens is 1. The Morgan fingerprint density at radius 1 is 1.58 bits per heavy atom. The zero-order valence-electron chi connectivity index (χ0n) is 6.04. The maximum absolute atomic E-state index is 11.0. The molecule has 1 aromatic rings. The first kappa shape index (κ1) is 8.83. The number of nitrogen functional groups attached to an aromatic ring is 1. The predicted octanol–water partition coefficient (Wildman–Crippen LogP) is 0.649. The number of hydrazine groups is 1. The predicted molar refractivity (Wildman–Crippen MR) is 44.8 cm³/mol. The molecule has 4 N–H and O–H groups in total. The highest BCUT2D eigenvalue weighted by atomic mass is 35.5. The third kappa shape index (κ3) is 1.66. The normalized spacial score (nSPS) is 9.50. The highest BCUT2D eigenvalue weighted by Gasteiger charge is 2.08. The number of phenolic OH excluding ortho intramolecular Hbond substituents is 1. The van der Waals surface area contributed by atoms with Crippen LogP contribution >= 0.6 is 11.6 Å². The topological polar surface area (TPSA) is 75.3 Å². The Kier molecular flexibility index (Phi) is 2.52. The summed E-state index contributed by atoms with van der Waals surface area (Å²) in [4.78, 5) is 11.0. The van der Waals surface area contributed by atoms with Crippen LogP contribution in [0.5, 0.6) is 5.75 Å². The molecule has 0 saturated heterocycles. The van der Waals surface area contributed by atoms with E-state index in [1.807, 2.05) is 5.43 Å². The maximum atomic E-state index is 11.0. The van der Waals surface area contributed by atoms with Crippen LogP contribution in [0, 0.1) is 0 Å². The molecule has 0 aliphatic heterocycles. The minimum absolute atomic E-state index is 0.0296. The van der Waals surface area contributed by atoms with Gasteiger partial charge in [0.05, 0.1) is 10.6 Å². The third-order valence-electron chi connectivity index (χ3n) is 1.33. The molecule has 0 aliphatic carbocycles. The van der Waals surface area contributed by atoms with Crippen LogP contribution in [0.3, 0.4) is 0 Å². The van der Waals surface area contributed by atoms with Gasteiger partial charge in [-0.2, -0.15) is 0 Å². The second-order valence-corrected chi connectivity index (χ2v) is 2.54. The van der Waals surface area contributed by atoms with Crippen molar-refractivity contribution in [2.45, 2.75) is 0 Å². The standard InChI is InChI=1S/C7H7ClN2O2/c8-6-2-1-4(11)3-5(6)7(12)10-9/h1-3,11H,9H2,(H,10,12). The van der Waals surface area contributed by atoms with Crippen molar-refractivity contribution in [3.05, 3.63) is 28.8 Å². The van der Waals surface area contributed by atoms with Crippen LogP contribution in [0.25, 0.3) is 0 Å². The Hall–Kier alpha value is -1.26. The molecule has 0 bridgehead atoms. The molecular formula is C7H7ClN2O2. The molecule has 0 saturated carbocycles. The van der Waals surface area contributed by atoms with Crippen LogP contribution in [0.1, 0.15) is 10.4 Å². The van der Waals surface area contributed by atoms with Crippen LogP contribution in [-0.2, 0) is 0 Å². The van der Waals surface area contributed by atoms with Gasteiger partial charge < -0.3 is 5.11 Å². The number of phenols is 1. The molecule has 0 aliphatic rings. The van der Waals surface area contributed by atoms with Gasteiger partial charge in [-0.15, -0.1) is 0 Å². The molecule has 0 aromatic heterocycles. The van der Waals surface area contributed by atoms with Crippen molar-refractivity contribution in [2.24, 2.45) is 5.84 Å². The van der Waals surface area contributed by atoms with Gasteiger partial charge in [0.1, 0.15) is 5.75 Å². The lowest BCUT2D eigenvalue weighted by Crippen LogP contribution is -2.30. The largest absolute Gasteiger partial charge is 0.508 e. The zero-order valence-corrected chi connectivity index (χ0v) is 6.80. The highest BCUT2D eigenvalue weighted by Crippen LogP contribution is 2.20. The van der Waals surface area contributed by atoms with E-state index in [0.717, 1.165) is 0 Å². The lowest BCUT2D eigenvalue weighted by atomic mass is 10.2. The van der Waals surface area contributed by atoms with Gasteiger partial charge in [0.25, 0.3) is 5.91 Å². The van der Waals surface area contributed by atoms with Gasteiger partial charge in [0.2, 0.25) is 0 Å². The Bertz CT molecular complexity index is 314. The first-order valence-corrected chi connectivity index (χ1v) is 3.52.